The number of azide groups is 1. The Kier molecular flexibility index (Phi) is 4.60. The molecule has 1 unspecified atom stereocenters. The molecule has 2 heterocycles. The van der Waals surface area contributed by atoms with Crippen molar-refractivity contribution in [3.05, 3.63) is 62.9 Å². The lowest BCUT2D eigenvalue weighted by Crippen LogP contribution is -2.29. The molecule has 0 radical (unpaired) electrons. The van der Waals surface area contributed by atoms with E-state index in [0.29, 0.717) is 13.0 Å². The van der Waals surface area contributed by atoms with E-state index in [2.05, 4.69) is 15.0 Å². The van der Waals surface area contributed by atoms with Crippen LogP contribution in [0.1, 0.15) is 36.0 Å². The number of carbonyl (C=O) groups is 1. The first-order valence-corrected chi connectivity index (χ1v) is 8.36. The van der Waals surface area contributed by atoms with Crippen molar-refractivity contribution in [2.24, 2.45) is 11.0 Å². The van der Waals surface area contributed by atoms with Gasteiger partial charge in [-0.1, -0.05) is 35.4 Å². The second-order valence-corrected chi connectivity index (χ2v) is 6.54. The molecular weight excluding hydrogens is 310 g/mol. The molecule has 6 nitrogen and oxygen atoms in total. The smallest absolute Gasteiger partial charge is 0.223 e. The molecule has 23 heavy (non-hydrogen) atoms. The van der Waals surface area contributed by atoms with Crippen molar-refractivity contribution in [2.45, 2.75) is 25.4 Å². The molecule has 7 heteroatoms. The number of rotatable bonds is 5. The Morgan fingerprint density at radius 2 is 2.22 bits per heavy atom. The van der Waals surface area contributed by atoms with Crippen molar-refractivity contribution in [1.29, 1.82) is 0 Å². The standard InChI is InChI=1S/C16H17N5OS/c1-11(12-5-3-2-4-6-12)21-10-13(9-14(21)22)15(19-20-17)16-18-7-8-23-16/h2-8,11,13,15H,9-10H2,1H3/t11-,13-,15?/m1/s1. The van der Waals surface area contributed by atoms with E-state index in [0.717, 1.165) is 10.6 Å². The van der Waals surface area contributed by atoms with Crippen LogP contribution in [0.15, 0.2) is 47.0 Å². The summed E-state index contributed by atoms with van der Waals surface area (Å²) in [6.07, 6.45) is 2.08. The van der Waals surface area contributed by atoms with Crippen LogP contribution in [0.5, 0.6) is 0 Å². The number of hydrogen-bond donors (Lipinski definition) is 0. The molecule has 0 spiro atoms. The third-order valence-corrected chi connectivity index (χ3v) is 5.11. The number of thiazole rings is 1. The zero-order chi connectivity index (χ0) is 16.2. The predicted octanol–water partition coefficient (Wildman–Crippen LogP) is 4.10. The van der Waals surface area contributed by atoms with E-state index in [1.165, 1.54) is 11.3 Å². The average Bonchev–Trinajstić information content (AvgIpc) is 3.22. The highest BCUT2D eigenvalue weighted by atomic mass is 32.1. The Hall–Kier alpha value is -2.37. The lowest BCUT2D eigenvalue weighted by molar-refractivity contribution is -0.129. The Labute approximate surface area is 138 Å². The maximum Gasteiger partial charge on any atom is 0.223 e. The van der Waals surface area contributed by atoms with Crippen molar-refractivity contribution in [2.75, 3.05) is 6.54 Å². The topological polar surface area (TPSA) is 82.0 Å². The highest BCUT2D eigenvalue weighted by Crippen LogP contribution is 2.37. The maximum absolute atomic E-state index is 12.5. The number of nitrogens with zero attached hydrogens (tertiary/aromatic N) is 5. The van der Waals surface area contributed by atoms with Gasteiger partial charge in [-0.15, -0.1) is 11.3 Å². The van der Waals surface area contributed by atoms with E-state index in [-0.39, 0.29) is 23.9 Å². The second kappa shape index (κ2) is 6.81. The van der Waals surface area contributed by atoms with Gasteiger partial charge in [0.2, 0.25) is 5.91 Å². The van der Waals surface area contributed by atoms with Crippen molar-refractivity contribution in [3.8, 4) is 0 Å². The molecule has 0 N–H and O–H groups in total. The minimum Gasteiger partial charge on any atom is -0.336 e. The Morgan fingerprint density at radius 3 is 2.87 bits per heavy atom. The minimum atomic E-state index is -0.378. The SMILES string of the molecule is C[C@H](c1ccccc1)N1C[C@H](C(N=[N+]=[N-])c2nccs2)CC1=O. The minimum absolute atomic E-state index is 0.0108. The van der Waals surface area contributed by atoms with Gasteiger partial charge < -0.3 is 4.90 Å². The second-order valence-electron chi connectivity index (χ2n) is 5.62. The fraction of sp³-hybridized carbons (Fsp3) is 0.375. The number of carbonyl (C=O) groups excluding carboxylic acids is 1. The molecule has 1 fully saturated rings. The number of hydrogen-bond acceptors (Lipinski definition) is 4. The van der Waals surface area contributed by atoms with Crippen LogP contribution in [0.2, 0.25) is 0 Å². The molecule has 0 aliphatic carbocycles. The summed E-state index contributed by atoms with van der Waals surface area (Å²) in [7, 11) is 0. The predicted molar refractivity (Wildman–Crippen MR) is 88.7 cm³/mol. The van der Waals surface area contributed by atoms with E-state index >= 15 is 0 Å². The van der Waals surface area contributed by atoms with Crippen molar-refractivity contribution in [1.82, 2.24) is 9.88 Å². The summed E-state index contributed by atoms with van der Waals surface area (Å²) in [5.41, 5.74) is 9.96. The van der Waals surface area contributed by atoms with E-state index in [1.54, 1.807) is 6.20 Å². The summed E-state index contributed by atoms with van der Waals surface area (Å²) in [6.45, 7) is 2.61. The van der Waals surface area contributed by atoms with Gasteiger partial charge >= 0.3 is 0 Å². The van der Waals surface area contributed by atoms with Crippen LogP contribution < -0.4 is 0 Å². The summed E-state index contributed by atoms with van der Waals surface area (Å²) < 4.78 is 0. The van der Waals surface area contributed by atoms with Crippen LogP contribution in [0.25, 0.3) is 10.4 Å². The van der Waals surface area contributed by atoms with Gasteiger partial charge in [-0.3, -0.25) is 4.79 Å². The molecule has 1 aromatic carbocycles. The van der Waals surface area contributed by atoms with Gasteiger partial charge in [0.25, 0.3) is 0 Å². The third kappa shape index (κ3) is 3.21. The molecule has 1 amide bonds. The van der Waals surface area contributed by atoms with E-state index in [9.17, 15) is 4.79 Å². The Morgan fingerprint density at radius 1 is 1.43 bits per heavy atom. The molecule has 1 aromatic heterocycles. The summed E-state index contributed by atoms with van der Waals surface area (Å²) in [4.78, 5) is 21.5. The lowest BCUT2D eigenvalue weighted by Gasteiger charge is -2.26. The van der Waals surface area contributed by atoms with Crippen LogP contribution in [-0.4, -0.2) is 22.3 Å². The summed E-state index contributed by atoms with van der Waals surface area (Å²) >= 11 is 1.46. The fourth-order valence-electron chi connectivity index (χ4n) is 3.04. The Bertz CT molecular complexity index is 711. The number of likely N-dealkylation sites (tertiary alicyclic amines) is 1. The Balaban J connectivity index is 1.80. The highest BCUT2D eigenvalue weighted by molar-refractivity contribution is 7.09. The summed E-state index contributed by atoms with van der Waals surface area (Å²) in [6, 6.07) is 9.59. The molecule has 0 saturated carbocycles. The van der Waals surface area contributed by atoms with Crippen LogP contribution in [-0.2, 0) is 4.79 Å². The normalized spacial score (nSPS) is 20.1. The number of aromatic nitrogens is 1. The molecular formula is C16H17N5OS. The van der Waals surface area contributed by atoms with Crippen LogP contribution in [0, 0.1) is 5.92 Å². The van der Waals surface area contributed by atoms with Crippen molar-refractivity contribution < 1.29 is 4.79 Å². The number of benzene rings is 1. The van der Waals surface area contributed by atoms with Crippen molar-refractivity contribution in [3.63, 3.8) is 0 Å². The summed E-state index contributed by atoms with van der Waals surface area (Å²) in [5, 5.41) is 6.53. The van der Waals surface area contributed by atoms with Gasteiger partial charge in [0, 0.05) is 35.4 Å². The maximum atomic E-state index is 12.5. The van der Waals surface area contributed by atoms with Gasteiger partial charge in [0.1, 0.15) is 5.01 Å². The number of amides is 1. The molecule has 0 bridgehead atoms. The van der Waals surface area contributed by atoms with E-state index in [4.69, 9.17) is 5.53 Å². The highest BCUT2D eigenvalue weighted by Gasteiger charge is 2.38. The van der Waals surface area contributed by atoms with Gasteiger partial charge in [0.05, 0.1) is 12.1 Å². The van der Waals surface area contributed by atoms with Gasteiger partial charge in [0.15, 0.2) is 0 Å². The zero-order valence-electron chi connectivity index (χ0n) is 12.7. The first kappa shape index (κ1) is 15.5. The largest absolute Gasteiger partial charge is 0.336 e. The molecule has 1 saturated heterocycles. The van der Waals surface area contributed by atoms with Gasteiger partial charge in [-0.05, 0) is 18.0 Å². The summed E-state index contributed by atoms with van der Waals surface area (Å²) in [5.74, 6) is 0.0664. The van der Waals surface area contributed by atoms with Crippen LogP contribution in [0.3, 0.4) is 0 Å². The zero-order valence-corrected chi connectivity index (χ0v) is 13.6. The van der Waals surface area contributed by atoms with Crippen LogP contribution >= 0.6 is 11.3 Å². The first-order valence-electron chi connectivity index (χ1n) is 7.48. The van der Waals surface area contributed by atoms with E-state index < -0.39 is 0 Å². The van der Waals surface area contributed by atoms with Crippen LogP contribution in [0.4, 0.5) is 0 Å². The first-order chi connectivity index (χ1) is 11.2. The molecule has 2 aromatic rings. The molecule has 3 atom stereocenters. The molecule has 118 valence electrons. The quantitative estimate of drug-likeness (QED) is 0.470. The lowest BCUT2D eigenvalue weighted by atomic mass is 10.00. The van der Waals surface area contributed by atoms with Gasteiger partial charge in [-0.2, -0.15) is 0 Å². The monoisotopic (exact) mass is 327 g/mol. The molecule has 1 aliphatic rings. The molecule has 3 rings (SSSR count). The van der Waals surface area contributed by atoms with Crippen molar-refractivity contribution >= 4 is 17.2 Å². The third-order valence-electron chi connectivity index (χ3n) is 4.26. The fourth-order valence-corrected chi connectivity index (χ4v) is 3.80. The van der Waals surface area contributed by atoms with Gasteiger partial charge in [-0.25, -0.2) is 4.98 Å². The average molecular weight is 327 g/mol. The van der Waals surface area contributed by atoms with E-state index in [1.807, 2.05) is 47.5 Å². The molecule has 1 aliphatic heterocycles.